The average molecular weight is 412 g/mol. The third-order valence-electron chi connectivity index (χ3n) is 5.62. The number of aromatic nitrogens is 3. The number of furan rings is 1. The lowest BCUT2D eigenvalue weighted by Crippen LogP contribution is -2.55. The van der Waals surface area contributed by atoms with Gasteiger partial charge in [-0.15, -0.1) is 0 Å². The Labute approximate surface area is 176 Å². The van der Waals surface area contributed by atoms with E-state index in [0.717, 1.165) is 31.7 Å². The molecule has 1 fully saturated rings. The van der Waals surface area contributed by atoms with Crippen LogP contribution in [-0.2, 0) is 4.74 Å². The van der Waals surface area contributed by atoms with Gasteiger partial charge in [-0.2, -0.15) is 5.10 Å². The van der Waals surface area contributed by atoms with Crippen molar-refractivity contribution < 1.29 is 13.9 Å². The van der Waals surface area contributed by atoms with Crippen LogP contribution in [0.25, 0.3) is 22.5 Å². The summed E-state index contributed by atoms with van der Waals surface area (Å²) in [6.07, 6.45) is 3.32. The number of nitrogens with zero attached hydrogens (tertiary/aromatic N) is 4. The highest BCUT2D eigenvalue weighted by Gasteiger charge is 2.29. The first-order valence-electron chi connectivity index (χ1n) is 10.4. The van der Waals surface area contributed by atoms with E-state index in [1.165, 1.54) is 0 Å². The van der Waals surface area contributed by atoms with Crippen molar-refractivity contribution in [2.75, 3.05) is 32.8 Å². The second kappa shape index (κ2) is 8.20. The van der Waals surface area contributed by atoms with E-state index in [0.29, 0.717) is 29.2 Å². The highest BCUT2D eigenvalue weighted by atomic mass is 16.5. The van der Waals surface area contributed by atoms with E-state index in [4.69, 9.17) is 14.1 Å². The van der Waals surface area contributed by atoms with Crippen LogP contribution in [0, 0.1) is 0 Å². The molecular formula is C22H29N5O3. The Morgan fingerprint density at radius 3 is 2.73 bits per heavy atom. The van der Waals surface area contributed by atoms with Gasteiger partial charge in [-0.1, -0.05) is 0 Å². The molecule has 3 aromatic heterocycles. The third kappa shape index (κ3) is 3.97. The predicted molar refractivity (Wildman–Crippen MR) is 114 cm³/mol. The molecule has 0 aromatic carbocycles. The van der Waals surface area contributed by atoms with Crippen molar-refractivity contribution in [3.8, 4) is 11.5 Å². The van der Waals surface area contributed by atoms with E-state index in [1.54, 1.807) is 18.5 Å². The second-order valence-electron chi connectivity index (χ2n) is 8.55. The maximum absolute atomic E-state index is 13.2. The van der Waals surface area contributed by atoms with Crippen LogP contribution >= 0.6 is 0 Å². The largest absolute Gasteiger partial charge is 0.463 e. The summed E-state index contributed by atoms with van der Waals surface area (Å²) in [4.78, 5) is 20.3. The van der Waals surface area contributed by atoms with Crippen molar-refractivity contribution in [1.82, 2.24) is 25.0 Å². The Morgan fingerprint density at radius 2 is 2.07 bits per heavy atom. The van der Waals surface area contributed by atoms with Gasteiger partial charge >= 0.3 is 0 Å². The molecule has 0 radical (unpaired) electrons. The van der Waals surface area contributed by atoms with Crippen LogP contribution in [-0.4, -0.2) is 64.0 Å². The number of hydrogen-bond donors (Lipinski definition) is 1. The molecule has 1 aliphatic rings. The Kier molecular flexibility index (Phi) is 5.62. The lowest BCUT2D eigenvalue weighted by atomic mass is 10.0. The molecular weight excluding hydrogens is 382 g/mol. The molecule has 0 saturated carbocycles. The first-order chi connectivity index (χ1) is 14.4. The van der Waals surface area contributed by atoms with Gasteiger partial charge in [0.15, 0.2) is 11.4 Å². The maximum atomic E-state index is 13.2. The molecule has 8 heteroatoms. The summed E-state index contributed by atoms with van der Waals surface area (Å²) in [6.45, 7) is 12.1. The zero-order chi connectivity index (χ0) is 21.3. The number of hydrogen-bond acceptors (Lipinski definition) is 6. The van der Waals surface area contributed by atoms with Gasteiger partial charge in [0.25, 0.3) is 5.91 Å². The number of fused-ring (bicyclic) bond motifs is 1. The van der Waals surface area contributed by atoms with Crippen molar-refractivity contribution in [3.05, 3.63) is 36.2 Å². The first kappa shape index (κ1) is 20.6. The van der Waals surface area contributed by atoms with E-state index in [2.05, 4.69) is 29.2 Å². The van der Waals surface area contributed by atoms with Gasteiger partial charge in [0.05, 0.1) is 36.6 Å². The second-order valence-corrected chi connectivity index (χ2v) is 8.55. The minimum absolute atomic E-state index is 0.123. The molecule has 1 saturated heterocycles. The van der Waals surface area contributed by atoms with Crippen LogP contribution in [0.3, 0.4) is 0 Å². The van der Waals surface area contributed by atoms with Gasteiger partial charge in [0.1, 0.15) is 5.69 Å². The topological polar surface area (TPSA) is 85.4 Å². The fourth-order valence-corrected chi connectivity index (χ4v) is 3.81. The number of ether oxygens (including phenoxy) is 1. The van der Waals surface area contributed by atoms with Crippen molar-refractivity contribution >= 4 is 16.9 Å². The van der Waals surface area contributed by atoms with Crippen LogP contribution in [0.15, 0.2) is 35.1 Å². The Bertz CT molecular complexity index is 1020. The van der Waals surface area contributed by atoms with E-state index >= 15 is 0 Å². The van der Waals surface area contributed by atoms with E-state index in [9.17, 15) is 4.79 Å². The molecule has 30 heavy (non-hydrogen) atoms. The van der Waals surface area contributed by atoms with E-state index in [-0.39, 0.29) is 17.5 Å². The van der Waals surface area contributed by atoms with Gasteiger partial charge in [-0.3, -0.25) is 9.69 Å². The minimum atomic E-state index is -0.169. The number of carbonyl (C=O) groups is 1. The Balaban J connectivity index is 1.64. The summed E-state index contributed by atoms with van der Waals surface area (Å²) in [6, 6.07) is 5.56. The zero-order valence-electron chi connectivity index (χ0n) is 18.0. The van der Waals surface area contributed by atoms with Gasteiger partial charge in [-0.05, 0) is 45.9 Å². The molecule has 0 spiro atoms. The van der Waals surface area contributed by atoms with Crippen molar-refractivity contribution in [2.45, 2.75) is 39.3 Å². The summed E-state index contributed by atoms with van der Waals surface area (Å²) < 4.78 is 12.8. The average Bonchev–Trinajstić information content (AvgIpc) is 3.42. The number of carbonyl (C=O) groups excluding carboxylic acids is 1. The molecule has 0 aliphatic carbocycles. The number of pyridine rings is 1. The molecule has 0 atom stereocenters. The number of rotatable bonds is 6. The predicted octanol–water partition coefficient (Wildman–Crippen LogP) is 3.11. The van der Waals surface area contributed by atoms with Crippen LogP contribution in [0.5, 0.6) is 0 Å². The molecule has 1 N–H and O–H groups in total. The molecule has 0 bridgehead atoms. The standard InChI is InChI=1S/C22H29N5O3/c1-15(2)27-20-17(13-24-27)16(12-18(25-20)19-6-5-9-30-19)21(28)23-14-22(3,4)26-7-10-29-11-8-26/h5-6,9,12-13,15H,7-8,10-11,14H2,1-4H3,(H,23,28). The van der Waals surface area contributed by atoms with Crippen LogP contribution < -0.4 is 5.32 Å². The highest BCUT2D eigenvalue weighted by molar-refractivity contribution is 6.06. The quantitative estimate of drug-likeness (QED) is 0.671. The van der Waals surface area contributed by atoms with Gasteiger partial charge in [-0.25, -0.2) is 9.67 Å². The molecule has 8 nitrogen and oxygen atoms in total. The third-order valence-corrected chi connectivity index (χ3v) is 5.62. The zero-order valence-corrected chi connectivity index (χ0v) is 18.0. The number of nitrogens with one attached hydrogen (secondary N) is 1. The van der Waals surface area contributed by atoms with E-state index in [1.807, 2.05) is 30.7 Å². The highest BCUT2D eigenvalue weighted by Crippen LogP contribution is 2.27. The van der Waals surface area contributed by atoms with E-state index < -0.39 is 0 Å². The summed E-state index contributed by atoms with van der Waals surface area (Å²) in [5.41, 5.74) is 1.68. The maximum Gasteiger partial charge on any atom is 0.252 e. The Morgan fingerprint density at radius 1 is 1.30 bits per heavy atom. The Hall–Kier alpha value is -2.71. The van der Waals surface area contributed by atoms with Crippen LogP contribution in [0.1, 0.15) is 44.1 Å². The van der Waals surface area contributed by atoms with Crippen molar-refractivity contribution in [2.24, 2.45) is 0 Å². The summed E-state index contributed by atoms with van der Waals surface area (Å²) >= 11 is 0. The lowest BCUT2D eigenvalue weighted by molar-refractivity contribution is -0.00922. The van der Waals surface area contributed by atoms with Crippen LogP contribution in [0.2, 0.25) is 0 Å². The van der Waals surface area contributed by atoms with Gasteiger partial charge in [0, 0.05) is 31.2 Å². The first-order valence-corrected chi connectivity index (χ1v) is 10.4. The fraction of sp³-hybridized carbons (Fsp3) is 0.500. The fourth-order valence-electron chi connectivity index (χ4n) is 3.81. The molecule has 3 aromatic rings. The monoisotopic (exact) mass is 411 g/mol. The minimum Gasteiger partial charge on any atom is -0.463 e. The summed E-state index contributed by atoms with van der Waals surface area (Å²) in [7, 11) is 0. The van der Waals surface area contributed by atoms with Crippen molar-refractivity contribution in [3.63, 3.8) is 0 Å². The van der Waals surface area contributed by atoms with Gasteiger partial charge < -0.3 is 14.5 Å². The SMILES string of the molecule is CC(C)n1ncc2c(C(=O)NCC(C)(C)N3CCOCC3)cc(-c3ccco3)nc21. The lowest BCUT2D eigenvalue weighted by Gasteiger charge is -2.40. The molecule has 4 heterocycles. The molecule has 1 amide bonds. The molecule has 1 aliphatic heterocycles. The normalized spacial score (nSPS) is 15.8. The number of morpholine rings is 1. The van der Waals surface area contributed by atoms with Crippen LogP contribution in [0.4, 0.5) is 0 Å². The number of amides is 1. The molecule has 160 valence electrons. The summed E-state index contributed by atoms with van der Waals surface area (Å²) in [5, 5.41) is 8.32. The summed E-state index contributed by atoms with van der Waals surface area (Å²) in [5.74, 6) is 0.482. The molecule has 4 rings (SSSR count). The van der Waals surface area contributed by atoms with Crippen molar-refractivity contribution in [1.29, 1.82) is 0 Å². The van der Waals surface area contributed by atoms with Gasteiger partial charge in [0.2, 0.25) is 0 Å². The molecule has 0 unspecified atom stereocenters. The smallest absolute Gasteiger partial charge is 0.252 e.